The molecule has 0 aliphatic heterocycles. The first-order chi connectivity index (χ1) is 6.24. The van der Waals surface area contributed by atoms with E-state index in [9.17, 15) is 0 Å². The standard InChI is InChI=1S/C11H16N2/c1-9(2)7-11(12-3)10-5-4-6-13-8-10/h4-6,8,11-12H,1,7H2,2-3H3. The van der Waals surface area contributed by atoms with Crippen LogP contribution in [0.3, 0.4) is 0 Å². The molecule has 0 aromatic carbocycles. The van der Waals surface area contributed by atoms with Crippen LogP contribution < -0.4 is 5.32 Å². The summed E-state index contributed by atoms with van der Waals surface area (Å²) in [6, 6.07) is 4.38. The topological polar surface area (TPSA) is 24.9 Å². The maximum atomic E-state index is 4.09. The Morgan fingerprint density at radius 1 is 1.69 bits per heavy atom. The minimum absolute atomic E-state index is 0.339. The second-order valence-corrected chi connectivity index (χ2v) is 3.29. The normalized spacial score (nSPS) is 12.5. The van der Waals surface area contributed by atoms with Crippen molar-refractivity contribution in [1.29, 1.82) is 0 Å². The molecule has 0 bridgehead atoms. The maximum absolute atomic E-state index is 4.09. The molecule has 1 heterocycles. The number of pyridine rings is 1. The molecular weight excluding hydrogens is 160 g/mol. The van der Waals surface area contributed by atoms with Crippen molar-refractivity contribution >= 4 is 0 Å². The van der Waals surface area contributed by atoms with E-state index in [0.717, 1.165) is 6.42 Å². The van der Waals surface area contributed by atoms with Crippen LogP contribution in [0.5, 0.6) is 0 Å². The summed E-state index contributed by atoms with van der Waals surface area (Å²) in [5, 5.41) is 3.25. The first-order valence-corrected chi connectivity index (χ1v) is 4.45. The first-order valence-electron chi connectivity index (χ1n) is 4.45. The molecule has 0 aliphatic rings. The molecule has 1 rings (SSSR count). The second-order valence-electron chi connectivity index (χ2n) is 3.29. The summed E-state index contributed by atoms with van der Waals surface area (Å²) >= 11 is 0. The minimum atomic E-state index is 0.339. The van der Waals surface area contributed by atoms with Crippen molar-refractivity contribution in [2.45, 2.75) is 19.4 Å². The van der Waals surface area contributed by atoms with Crippen LogP contribution in [0.25, 0.3) is 0 Å². The van der Waals surface area contributed by atoms with Crippen molar-refractivity contribution in [3.8, 4) is 0 Å². The molecule has 1 aromatic heterocycles. The highest BCUT2D eigenvalue weighted by atomic mass is 14.9. The SMILES string of the molecule is C=C(C)CC(NC)c1cccnc1. The van der Waals surface area contributed by atoms with E-state index in [1.165, 1.54) is 11.1 Å². The van der Waals surface area contributed by atoms with E-state index in [2.05, 4.69) is 22.9 Å². The molecule has 0 radical (unpaired) electrons. The Hall–Kier alpha value is -1.15. The third-order valence-corrected chi connectivity index (χ3v) is 1.99. The number of nitrogens with one attached hydrogen (secondary N) is 1. The molecule has 70 valence electrons. The maximum Gasteiger partial charge on any atom is 0.0370 e. The largest absolute Gasteiger partial charge is 0.313 e. The lowest BCUT2D eigenvalue weighted by Crippen LogP contribution is -2.16. The van der Waals surface area contributed by atoms with Crippen LogP contribution in [-0.4, -0.2) is 12.0 Å². The van der Waals surface area contributed by atoms with Crippen LogP contribution in [0.2, 0.25) is 0 Å². The summed E-state index contributed by atoms with van der Waals surface area (Å²) in [5.74, 6) is 0. The smallest absolute Gasteiger partial charge is 0.0370 e. The van der Waals surface area contributed by atoms with Gasteiger partial charge in [0.2, 0.25) is 0 Å². The number of nitrogens with zero attached hydrogens (tertiary/aromatic N) is 1. The first kappa shape index (κ1) is 9.93. The summed E-state index contributed by atoms with van der Waals surface area (Å²) in [4.78, 5) is 4.09. The molecule has 0 amide bonds. The third-order valence-electron chi connectivity index (χ3n) is 1.99. The number of hydrogen-bond acceptors (Lipinski definition) is 2. The van der Waals surface area contributed by atoms with Crippen molar-refractivity contribution in [1.82, 2.24) is 10.3 Å². The molecular formula is C11H16N2. The van der Waals surface area contributed by atoms with Gasteiger partial charge in [0.1, 0.15) is 0 Å². The Balaban J connectivity index is 2.73. The van der Waals surface area contributed by atoms with Crippen molar-refractivity contribution in [3.63, 3.8) is 0 Å². The van der Waals surface area contributed by atoms with Crippen LogP contribution in [0.4, 0.5) is 0 Å². The van der Waals surface area contributed by atoms with Gasteiger partial charge in [-0.15, -0.1) is 6.58 Å². The van der Waals surface area contributed by atoms with Crippen LogP contribution >= 0.6 is 0 Å². The number of hydrogen-bond donors (Lipinski definition) is 1. The lowest BCUT2D eigenvalue weighted by molar-refractivity contribution is 0.588. The van der Waals surface area contributed by atoms with E-state index in [4.69, 9.17) is 0 Å². The van der Waals surface area contributed by atoms with Gasteiger partial charge in [0, 0.05) is 18.4 Å². The van der Waals surface area contributed by atoms with Crippen LogP contribution in [0.15, 0.2) is 36.7 Å². The molecule has 2 nitrogen and oxygen atoms in total. The molecule has 0 saturated carbocycles. The highest BCUT2D eigenvalue weighted by molar-refractivity contribution is 5.15. The fraction of sp³-hybridized carbons (Fsp3) is 0.364. The van der Waals surface area contributed by atoms with E-state index in [0.29, 0.717) is 6.04 Å². The van der Waals surface area contributed by atoms with Gasteiger partial charge in [-0.25, -0.2) is 0 Å². The number of aromatic nitrogens is 1. The highest BCUT2D eigenvalue weighted by Crippen LogP contribution is 2.18. The average molecular weight is 176 g/mol. The minimum Gasteiger partial charge on any atom is -0.313 e. The van der Waals surface area contributed by atoms with Gasteiger partial charge < -0.3 is 5.32 Å². The van der Waals surface area contributed by atoms with Gasteiger partial charge >= 0.3 is 0 Å². The van der Waals surface area contributed by atoms with Crippen molar-refractivity contribution in [3.05, 3.63) is 42.2 Å². The molecule has 1 aromatic rings. The lowest BCUT2D eigenvalue weighted by Gasteiger charge is -2.15. The van der Waals surface area contributed by atoms with Gasteiger partial charge in [0.05, 0.1) is 0 Å². The van der Waals surface area contributed by atoms with E-state index >= 15 is 0 Å². The van der Waals surface area contributed by atoms with Gasteiger partial charge in [-0.05, 0) is 32.0 Å². The van der Waals surface area contributed by atoms with Gasteiger partial charge in [-0.3, -0.25) is 4.98 Å². The van der Waals surface area contributed by atoms with E-state index in [-0.39, 0.29) is 0 Å². The Kier molecular flexibility index (Phi) is 3.65. The summed E-state index contributed by atoms with van der Waals surface area (Å²) in [6.45, 7) is 5.95. The van der Waals surface area contributed by atoms with E-state index < -0.39 is 0 Å². The van der Waals surface area contributed by atoms with Gasteiger partial charge in [0.25, 0.3) is 0 Å². The summed E-state index contributed by atoms with van der Waals surface area (Å²) in [6.07, 6.45) is 4.64. The third kappa shape index (κ3) is 2.99. The molecule has 1 unspecified atom stereocenters. The van der Waals surface area contributed by atoms with Gasteiger partial charge in [-0.1, -0.05) is 11.6 Å². The van der Waals surface area contributed by atoms with Crippen LogP contribution in [0.1, 0.15) is 24.9 Å². The van der Waals surface area contributed by atoms with Crippen LogP contribution in [-0.2, 0) is 0 Å². The van der Waals surface area contributed by atoms with Crippen LogP contribution in [0, 0.1) is 0 Å². The highest BCUT2D eigenvalue weighted by Gasteiger charge is 2.07. The molecule has 0 spiro atoms. The Labute approximate surface area is 79.7 Å². The average Bonchev–Trinajstić information content (AvgIpc) is 2.15. The lowest BCUT2D eigenvalue weighted by atomic mass is 10.0. The molecule has 2 heteroatoms. The van der Waals surface area contributed by atoms with E-state index in [1.54, 1.807) is 6.20 Å². The summed E-state index contributed by atoms with van der Waals surface area (Å²) < 4.78 is 0. The monoisotopic (exact) mass is 176 g/mol. The quantitative estimate of drug-likeness (QED) is 0.712. The van der Waals surface area contributed by atoms with Gasteiger partial charge in [-0.2, -0.15) is 0 Å². The van der Waals surface area contributed by atoms with Crippen molar-refractivity contribution in [2.75, 3.05) is 7.05 Å². The molecule has 0 saturated heterocycles. The van der Waals surface area contributed by atoms with E-state index in [1.807, 2.05) is 26.2 Å². The molecule has 13 heavy (non-hydrogen) atoms. The Bertz CT molecular complexity index is 267. The molecule has 1 N–H and O–H groups in total. The molecule has 0 aliphatic carbocycles. The zero-order chi connectivity index (χ0) is 9.68. The Morgan fingerprint density at radius 3 is 2.92 bits per heavy atom. The fourth-order valence-corrected chi connectivity index (χ4v) is 1.32. The molecule has 1 atom stereocenters. The fourth-order valence-electron chi connectivity index (χ4n) is 1.32. The predicted octanol–water partition coefficient (Wildman–Crippen LogP) is 2.31. The number of rotatable bonds is 4. The summed E-state index contributed by atoms with van der Waals surface area (Å²) in [7, 11) is 1.96. The zero-order valence-electron chi connectivity index (χ0n) is 8.25. The van der Waals surface area contributed by atoms with Gasteiger partial charge in [0.15, 0.2) is 0 Å². The second kappa shape index (κ2) is 4.77. The van der Waals surface area contributed by atoms with Crippen molar-refractivity contribution < 1.29 is 0 Å². The zero-order valence-corrected chi connectivity index (χ0v) is 8.25. The van der Waals surface area contributed by atoms with Crippen molar-refractivity contribution in [2.24, 2.45) is 0 Å². The molecule has 0 fully saturated rings. The summed E-state index contributed by atoms with van der Waals surface area (Å²) in [5.41, 5.74) is 2.40. The Morgan fingerprint density at radius 2 is 2.46 bits per heavy atom. The predicted molar refractivity (Wildman–Crippen MR) is 55.5 cm³/mol.